The Hall–Kier alpha value is -2.43. The molecule has 0 saturated heterocycles. The molecule has 1 aromatic heterocycles. The number of hydrogen-bond acceptors (Lipinski definition) is 4. The summed E-state index contributed by atoms with van der Waals surface area (Å²) in [5.74, 6) is 0.329. The van der Waals surface area contributed by atoms with Gasteiger partial charge in [0, 0.05) is 6.54 Å². The van der Waals surface area contributed by atoms with Crippen molar-refractivity contribution in [1.82, 2.24) is 0 Å². The minimum atomic E-state index is -0.965. The standard InChI is InChI=1S/C15H15NO4/c17-15(18)11-6-9-20-14(11)10-16-7-3-8-19-13-5-2-1-4-12(13)16/h1-2,4-6,9H,3,7-8,10H2,(H,17,18). The molecule has 20 heavy (non-hydrogen) atoms. The van der Waals surface area contributed by atoms with E-state index in [0.717, 1.165) is 24.4 Å². The lowest BCUT2D eigenvalue weighted by atomic mass is 10.2. The summed E-state index contributed by atoms with van der Waals surface area (Å²) in [6.45, 7) is 1.89. The van der Waals surface area contributed by atoms with Crippen molar-refractivity contribution in [2.45, 2.75) is 13.0 Å². The Bertz CT molecular complexity index is 620. The van der Waals surface area contributed by atoms with Crippen LogP contribution in [0.25, 0.3) is 0 Å². The number of carbonyl (C=O) groups is 1. The van der Waals surface area contributed by atoms with Crippen molar-refractivity contribution < 1.29 is 19.1 Å². The first-order valence-electron chi connectivity index (χ1n) is 6.52. The molecule has 0 amide bonds. The fraction of sp³-hybridized carbons (Fsp3) is 0.267. The number of benzene rings is 1. The zero-order chi connectivity index (χ0) is 13.9. The van der Waals surface area contributed by atoms with Crippen LogP contribution in [0.5, 0.6) is 5.75 Å². The lowest BCUT2D eigenvalue weighted by Gasteiger charge is -2.22. The minimum Gasteiger partial charge on any atom is -0.491 e. The average molecular weight is 273 g/mol. The molecule has 0 bridgehead atoms. The van der Waals surface area contributed by atoms with Crippen LogP contribution in [0.4, 0.5) is 5.69 Å². The number of para-hydroxylation sites is 2. The number of fused-ring (bicyclic) bond motifs is 1. The van der Waals surface area contributed by atoms with E-state index in [1.54, 1.807) is 0 Å². The quantitative estimate of drug-likeness (QED) is 0.931. The van der Waals surface area contributed by atoms with Gasteiger partial charge in [-0.1, -0.05) is 12.1 Å². The highest BCUT2D eigenvalue weighted by Crippen LogP contribution is 2.32. The van der Waals surface area contributed by atoms with E-state index in [9.17, 15) is 4.79 Å². The summed E-state index contributed by atoms with van der Waals surface area (Å²) in [6.07, 6.45) is 2.30. The lowest BCUT2D eigenvalue weighted by molar-refractivity contribution is 0.0694. The Morgan fingerprint density at radius 2 is 2.15 bits per heavy atom. The molecule has 2 aromatic rings. The van der Waals surface area contributed by atoms with Crippen LogP contribution in [0, 0.1) is 0 Å². The summed E-state index contributed by atoms with van der Waals surface area (Å²) in [5, 5.41) is 9.13. The molecule has 104 valence electrons. The third-order valence-corrected chi connectivity index (χ3v) is 3.35. The molecular formula is C15H15NO4. The predicted molar refractivity (Wildman–Crippen MR) is 73.3 cm³/mol. The molecule has 5 nitrogen and oxygen atoms in total. The number of nitrogens with zero attached hydrogens (tertiary/aromatic N) is 1. The second-order valence-corrected chi connectivity index (χ2v) is 4.65. The smallest absolute Gasteiger partial charge is 0.339 e. The van der Waals surface area contributed by atoms with Crippen LogP contribution < -0.4 is 9.64 Å². The number of furan rings is 1. The lowest BCUT2D eigenvalue weighted by Crippen LogP contribution is -2.23. The zero-order valence-corrected chi connectivity index (χ0v) is 10.9. The first-order valence-corrected chi connectivity index (χ1v) is 6.52. The van der Waals surface area contributed by atoms with Gasteiger partial charge in [0.25, 0.3) is 0 Å². The average Bonchev–Trinajstić information content (AvgIpc) is 2.81. The van der Waals surface area contributed by atoms with E-state index >= 15 is 0 Å². The van der Waals surface area contributed by atoms with Crippen molar-refractivity contribution in [3.63, 3.8) is 0 Å². The van der Waals surface area contributed by atoms with Crippen molar-refractivity contribution in [2.24, 2.45) is 0 Å². The fourth-order valence-electron chi connectivity index (χ4n) is 2.39. The molecule has 0 atom stereocenters. The van der Waals surface area contributed by atoms with Crippen molar-refractivity contribution in [1.29, 1.82) is 0 Å². The molecule has 1 aromatic carbocycles. The number of aromatic carboxylic acids is 1. The monoisotopic (exact) mass is 273 g/mol. The first kappa shape index (κ1) is 12.6. The summed E-state index contributed by atoms with van der Waals surface area (Å²) in [5.41, 5.74) is 1.19. The summed E-state index contributed by atoms with van der Waals surface area (Å²) >= 11 is 0. The topological polar surface area (TPSA) is 62.9 Å². The predicted octanol–water partition coefficient (Wildman–Crippen LogP) is 2.77. The molecule has 0 radical (unpaired) electrons. The van der Waals surface area contributed by atoms with E-state index < -0.39 is 5.97 Å². The van der Waals surface area contributed by atoms with Gasteiger partial charge in [-0.3, -0.25) is 0 Å². The van der Waals surface area contributed by atoms with E-state index in [-0.39, 0.29) is 5.56 Å². The van der Waals surface area contributed by atoms with Gasteiger partial charge in [0.05, 0.1) is 25.1 Å². The van der Waals surface area contributed by atoms with Gasteiger partial charge >= 0.3 is 5.97 Å². The van der Waals surface area contributed by atoms with Crippen LogP contribution in [-0.4, -0.2) is 24.2 Å². The normalized spacial score (nSPS) is 14.3. The highest BCUT2D eigenvalue weighted by atomic mass is 16.5. The Morgan fingerprint density at radius 3 is 3.00 bits per heavy atom. The van der Waals surface area contributed by atoms with E-state index in [1.807, 2.05) is 24.3 Å². The van der Waals surface area contributed by atoms with Crippen molar-refractivity contribution in [3.8, 4) is 5.75 Å². The molecule has 3 rings (SSSR count). The number of hydrogen-bond donors (Lipinski definition) is 1. The van der Waals surface area contributed by atoms with Gasteiger partial charge in [0.1, 0.15) is 17.1 Å². The van der Waals surface area contributed by atoms with Gasteiger partial charge in [-0.25, -0.2) is 4.79 Å². The van der Waals surface area contributed by atoms with Gasteiger partial charge in [-0.15, -0.1) is 0 Å². The molecule has 0 fully saturated rings. The summed E-state index contributed by atoms with van der Waals surface area (Å²) < 4.78 is 11.0. The van der Waals surface area contributed by atoms with E-state index in [0.29, 0.717) is 18.9 Å². The number of anilines is 1. The molecule has 1 aliphatic rings. The minimum absolute atomic E-state index is 0.215. The number of carboxylic acid groups (broad SMARTS) is 1. The maximum absolute atomic E-state index is 11.1. The van der Waals surface area contributed by atoms with Crippen LogP contribution in [0.3, 0.4) is 0 Å². The third-order valence-electron chi connectivity index (χ3n) is 3.35. The number of carboxylic acids is 1. The molecule has 0 spiro atoms. The Balaban J connectivity index is 1.90. The van der Waals surface area contributed by atoms with Gasteiger partial charge < -0.3 is 19.2 Å². The molecule has 0 aliphatic carbocycles. The second kappa shape index (κ2) is 5.28. The van der Waals surface area contributed by atoms with Crippen LogP contribution in [0.15, 0.2) is 41.0 Å². The highest BCUT2D eigenvalue weighted by molar-refractivity contribution is 5.88. The first-order chi connectivity index (χ1) is 9.75. The van der Waals surface area contributed by atoms with Crippen LogP contribution in [-0.2, 0) is 6.54 Å². The van der Waals surface area contributed by atoms with Crippen LogP contribution in [0.2, 0.25) is 0 Å². The summed E-state index contributed by atoms with van der Waals surface area (Å²) in [4.78, 5) is 13.2. The van der Waals surface area contributed by atoms with E-state index in [4.69, 9.17) is 14.3 Å². The maximum atomic E-state index is 11.1. The van der Waals surface area contributed by atoms with E-state index in [1.165, 1.54) is 12.3 Å². The molecule has 2 heterocycles. The Kier molecular flexibility index (Phi) is 3.33. The Labute approximate surface area is 116 Å². The largest absolute Gasteiger partial charge is 0.491 e. The SMILES string of the molecule is O=C(O)c1ccoc1CN1CCCOc2ccccc21. The molecule has 5 heteroatoms. The van der Waals surface area contributed by atoms with Gasteiger partial charge in [-0.05, 0) is 24.6 Å². The van der Waals surface area contributed by atoms with Crippen molar-refractivity contribution in [2.75, 3.05) is 18.1 Å². The molecular weight excluding hydrogens is 258 g/mol. The Morgan fingerprint density at radius 1 is 1.30 bits per heavy atom. The van der Waals surface area contributed by atoms with Crippen molar-refractivity contribution >= 4 is 11.7 Å². The van der Waals surface area contributed by atoms with Crippen molar-refractivity contribution in [3.05, 3.63) is 47.9 Å². The maximum Gasteiger partial charge on any atom is 0.339 e. The van der Waals surface area contributed by atoms with Crippen LogP contribution >= 0.6 is 0 Å². The van der Waals surface area contributed by atoms with E-state index in [2.05, 4.69) is 4.90 Å². The molecule has 0 saturated carbocycles. The molecule has 0 unspecified atom stereocenters. The number of ether oxygens (including phenoxy) is 1. The third kappa shape index (κ3) is 2.34. The van der Waals surface area contributed by atoms with Crippen LogP contribution in [0.1, 0.15) is 22.5 Å². The zero-order valence-electron chi connectivity index (χ0n) is 10.9. The van der Waals surface area contributed by atoms with Gasteiger partial charge in [0.2, 0.25) is 0 Å². The highest BCUT2D eigenvalue weighted by Gasteiger charge is 2.20. The molecule has 1 aliphatic heterocycles. The van der Waals surface area contributed by atoms with Gasteiger partial charge in [0.15, 0.2) is 0 Å². The fourth-order valence-corrected chi connectivity index (χ4v) is 2.39. The number of rotatable bonds is 3. The van der Waals surface area contributed by atoms with Gasteiger partial charge in [-0.2, -0.15) is 0 Å². The molecule has 1 N–H and O–H groups in total. The summed E-state index contributed by atoms with van der Waals surface area (Å²) in [6, 6.07) is 9.26. The second-order valence-electron chi connectivity index (χ2n) is 4.65. The summed E-state index contributed by atoms with van der Waals surface area (Å²) in [7, 11) is 0.